The molecule has 3 heterocycles. The van der Waals surface area contributed by atoms with E-state index in [1.54, 1.807) is 7.11 Å². The first-order valence-corrected chi connectivity index (χ1v) is 15.2. The van der Waals surface area contributed by atoms with E-state index < -0.39 is 6.23 Å². The number of carbonyl (C=O) groups is 1. The van der Waals surface area contributed by atoms with E-state index in [2.05, 4.69) is 29.4 Å². The number of unbranched alkanes of at least 4 members (excludes halogenated alkanes) is 1. The Kier molecular flexibility index (Phi) is 10.1. The number of ether oxygens (including phenoxy) is 3. The van der Waals surface area contributed by atoms with Crippen LogP contribution in [0.15, 0.2) is 49.1 Å². The lowest BCUT2D eigenvalue weighted by molar-refractivity contribution is -0.133. The van der Waals surface area contributed by atoms with Gasteiger partial charge in [0.25, 0.3) is 0 Å². The van der Waals surface area contributed by atoms with Crippen LogP contribution in [0.5, 0.6) is 17.2 Å². The number of fused-ring (bicyclic) bond motifs is 2. The Morgan fingerprint density at radius 1 is 1.19 bits per heavy atom. The van der Waals surface area contributed by atoms with Crippen LogP contribution in [0.25, 0.3) is 0 Å². The van der Waals surface area contributed by atoms with Crippen LogP contribution >= 0.6 is 0 Å². The van der Waals surface area contributed by atoms with E-state index in [1.807, 2.05) is 41.3 Å². The van der Waals surface area contributed by atoms with Crippen LogP contribution < -0.4 is 14.2 Å². The third-order valence-electron chi connectivity index (χ3n) is 9.01. The minimum Gasteiger partial charge on any atom is -0.493 e. The van der Waals surface area contributed by atoms with E-state index in [0.29, 0.717) is 62.9 Å². The van der Waals surface area contributed by atoms with Crippen molar-refractivity contribution in [3.8, 4) is 17.2 Å². The number of rotatable bonds is 14. The van der Waals surface area contributed by atoms with Gasteiger partial charge < -0.3 is 29.3 Å². The zero-order valence-electron chi connectivity index (χ0n) is 24.9. The van der Waals surface area contributed by atoms with Gasteiger partial charge in [-0.3, -0.25) is 14.6 Å². The number of aliphatic hydroxyl groups excluding tert-OH is 2. The molecule has 2 aromatic rings. The molecule has 0 bridgehead atoms. The molecule has 3 aliphatic rings. The molecule has 1 amide bonds. The van der Waals surface area contributed by atoms with Gasteiger partial charge in [0.1, 0.15) is 6.23 Å². The maximum absolute atomic E-state index is 13.7. The molecule has 5 rings (SSSR count). The highest BCUT2D eigenvalue weighted by molar-refractivity contribution is 5.78. The van der Waals surface area contributed by atoms with Gasteiger partial charge in [0.2, 0.25) is 18.4 Å². The lowest BCUT2D eigenvalue weighted by atomic mass is 9.84. The predicted octanol–water partition coefficient (Wildman–Crippen LogP) is 3.90. The van der Waals surface area contributed by atoms with Crippen molar-refractivity contribution in [2.75, 3.05) is 53.2 Å². The minimum absolute atomic E-state index is 0.0506. The van der Waals surface area contributed by atoms with E-state index in [-0.39, 0.29) is 37.2 Å². The Labute approximate surface area is 249 Å². The second-order valence-electron chi connectivity index (χ2n) is 11.5. The molecule has 42 heavy (non-hydrogen) atoms. The van der Waals surface area contributed by atoms with Gasteiger partial charge in [0.05, 0.1) is 13.7 Å². The Morgan fingerprint density at radius 3 is 2.74 bits per heavy atom. The molecule has 0 spiro atoms. The molecule has 2 N–H and O–H groups in total. The molecule has 1 saturated heterocycles. The van der Waals surface area contributed by atoms with Crippen molar-refractivity contribution in [2.24, 2.45) is 5.92 Å². The quantitative estimate of drug-likeness (QED) is 0.326. The summed E-state index contributed by atoms with van der Waals surface area (Å²) in [5, 5.41) is 20.5. The van der Waals surface area contributed by atoms with Crippen molar-refractivity contribution < 1.29 is 29.2 Å². The predicted molar refractivity (Wildman–Crippen MR) is 161 cm³/mol. The van der Waals surface area contributed by atoms with Gasteiger partial charge >= 0.3 is 0 Å². The summed E-state index contributed by atoms with van der Waals surface area (Å²) in [5.41, 5.74) is 3.19. The van der Waals surface area contributed by atoms with Gasteiger partial charge in [0.15, 0.2) is 11.5 Å². The zero-order chi connectivity index (χ0) is 29.6. The second-order valence-corrected chi connectivity index (χ2v) is 11.5. The summed E-state index contributed by atoms with van der Waals surface area (Å²) in [5.74, 6) is 2.17. The number of aliphatic hydroxyl groups is 2. The number of likely N-dealkylation sites (tertiary alicyclic amines) is 1. The summed E-state index contributed by atoms with van der Waals surface area (Å²) in [7, 11) is 1.63. The average molecular weight is 580 g/mol. The number of hydrogen-bond donors (Lipinski definition) is 2. The van der Waals surface area contributed by atoms with Crippen LogP contribution in [0.1, 0.15) is 61.4 Å². The van der Waals surface area contributed by atoms with Crippen molar-refractivity contribution >= 4 is 5.91 Å². The van der Waals surface area contributed by atoms with Crippen LogP contribution in [0, 0.1) is 5.92 Å². The molecule has 0 saturated carbocycles. The third kappa shape index (κ3) is 6.29. The largest absolute Gasteiger partial charge is 0.493 e. The number of nitrogens with zero attached hydrogens (tertiary/aromatic N) is 3. The number of benzene rings is 2. The maximum atomic E-state index is 13.7. The molecule has 4 atom stereocenters. The molecular formula is C33H45N3O6. The lowest BCUT2D eigenvalue weighted by Gasteiger charge is -2.31. The molecule has 9 nitrogen and oxygen atoms in total. The molecule has 0 aliphatic carbocycles. The topological polar surface area (TPSA) is 94.9 Å². The maximum Gasteiger partial charge on any atom is 0.236 e. The lowest BCUT2D eigenvalue weighted by Crippen LogP contribution is -2.44. The standard InChI is InChI=1S/C33H45N3O6/c1-4-6-13-34(14-9-16-37)31(38)21-36-20-27(24-17-29(40-3)32-30(18-24)41-22-42-32)25(5-2)28(36)12-15-35-19-23-10-7-8-11-26(23)33(35)39/h5,7-8,10-11,17-18,25,27-28,33,37,39H,2,4,6,9,12-16,19-22H2,1,3H3/t25-,27-,28+,33?/m1/s1. The molecule has 3 aliphatic heterocycles. The molecule has 228 valence electrons. The fourth-order valence-corrected chi connectivity index (χ4v) is 6.77. The molecule has 1 fully saturated rings. The fourth-order valence-electron chi connectivity index (χ4n) is 6.77. The Hall–Kier alpha value is -3.11. The molecule has 0 aromatic heterocycles. The Balaban J connectivity index is 1.39. The molecule has 0 radical (unpaired) electrons. The zero-order valence-corrected chi connectivity index (χ0v) is 24.9. The fraction of sp³-hybridized carbons (Fsp3) is 0.545. The Morgan fingerprint density at radius 2 is 2.00 bits per heavy atom. The van der Waals surface area contributed by atoms with Crippen LogP contribution in [0.2, 0.25) is 0 Å². The minimum atomic E-state index is -0.628. The van der Waals surface area contributed by atoms with Gasteiger partial charge in [-0.25, -0.2) is 0 Å². The summed E-state index contributed by atoms with van der Waals surface area (Å²) < 4.78 is 17.0. The van der Waals surface area contributed by atoms with E-state index in [0.717, 1.165) is 36.0 Å². The SMILES string of the molecule is C=C[C@@H]1[C@@H](c2cc(OC)c3c(c2)OCO3)CN(CC(=O)N(CCCC)CCCO)[C@H]1CCN1Cc2ccccc2C1O. The normalized spacial score (nSPS) is 23.2. The van der Waals surface area contributed by atoms with Crippen molar-refractivity contribution in [1.29, 1.82) is 0 Å². The van der Waals surface area contributed by atoms with Gasteiger partial charge in [0, 0.05) is 57.2 Å². The first-order chi connectivity index (χ1) is 20.5. The summed E-state index contributed by atoms with van der Waals surface area (Å²) in [6.45, 7) is 10.2. The van der Waals surface area contributed by atoms with Crippen molar-refractivity contribution in [1.82, 2.24) is 14.7 Å². The van der Waals surface area contributed by atoms with E-state index in [1.165, 1.54) is 0 Å². The average Bonchev–Trinajstić information content (AvgIpc) is 3.71. The van der Waals surface area contributed by atoms with Gasteiger partial charge in [-0.1, -0.05) is 43.7 Å². The van der Waals surface area contributed by atoms with Crippen LogP contribution in [-0.4, -0.2) is 90.1 Å². The molecule has 2 aromatic carbocycles. The van der Waals surface area contributed by atoms with Crippen LogP contribution in [-0.2, 0) is 11.3 Å². The highest BCUT2D eigenvalue weighted by Gasteiger charge is 2.43. The number of carbonyl (C=O) groups excluding carboxylic acids is 1. The van der Waals surface area contributed by atoms with Crippen molar-refractivity contribution in [2.45, 2.75) is 57.3 Å². The van der Waals surface area contributed by atoms with E-state index >= 15 is 0 Å². The number of hydrogen-bond acceptors (Lipinski definition) is 8. The summed E-state index contributed by atoms with van der Waals surface area (Å²) in [6.07, 6.45) is 4.68. The van der Waals surface area contributed by atoms with Gasteiger partial charge in [-0.15, -0.1) is 6.58 Å². The van der Waals surface area contributed by atoms with E-state index in [9.17, 15) is 15.0 Å². The molecule has 1 unspecified atom stereocenters. The summed E-state index contributed by atoms with van der Waals surface area (Å²) >= 11 is 0. The molecular weight excluding hydrogens is 534 g/mol. The van der Waals surface area contributed by atoms with Crippen molar-refractivity contribution in [3.05, 3.63) is 65.7 Å². The van der Waals surface area contributed by atoms with Crippen molar-refractivity contribution in [3.63, 3.8) is 0 Å². The van der Waals surface area contributed by atoms with Crippen LogP contribution in [0.3, 0.4) is 0 Å². The summed E-state index contributed by atoms with van der Waals surface area (Å²) in [4.78, 5) is 20.0. The number of amides is 1. The monoisotopic (exact) mass is 579 g/mol. The summed E-state index contributed by atoms with van der Waals surface area (Å²) in [6, 6.07) is 12.2. The Bertz CT molecular complexity index is 1230. The molecule has 9 heteroatoms. The highest BCUT2D eigenvalue weighted by Crippen LogP contribution is 2.47. The second kappa shape index (κ2) is 13.9. The van der Waals surface area contributed by atoms with Gasteiger partial charge in [-0.05, 0) is 48.1 Å². The first-order valence-electron chi connectivity index (χ1n) is 15.2. The smallest absolute Gasteiger partial charge is 0.236 e. The van der Waals surface area contributed by atoms with E-state index in [4.69, 9.17) is 14.2 Å². The van der Waals surface area contributed by atoms with Crippen LogP contribution in [0.4, 0.5) is 0 Å². The number of methoxy groups -OCH3 is 1. The van der Waals surface area contributed by atoms with Gasteiger partial charge in [-0.2, -0.15) is 0 Å². The third-order valence-corrected chi connectivity index (χ3v) is 9.01. The highest BCUT2D eigenvalue weighted by atomic mass is 16.7. The first kappa shape index (κ1) is 30.4.